The van der Waals surface area contributed by atoms with E-state index in [2.05, 4.69) is 5.10 Å². The third-order valence-electron chi connectivity index (χ3n) is 5.77. The third kappa shape index (κ3) is 3.77. The molecule has 0 unspecified atom stereocenters. The first kappa shape index (κ1) is 21.9. The van der Waals surface area contributed by atoms with Crippen molar-refractivity contribution in [1.29, 1.82) is 0 Å². The van der Waals surface area contributed by atoms with Crippen LogP contribution in [0.4, 0.5) is 4.39 Å². The first-order valence-corrected chi connectivity index (χ1v) is 13.0. The summed E-state index contributed by atoms with van der Waals surface area (Å²) in [6, 6.07) is 9.28. The molecule has 1 aromatic heterocycles. The van der Waals surface area contributed by atoms with Gasteiger partial charge in [0, 0.05) is 20.0 Å². The predicted octanol–water partition coefficient (Wildman–Crippen LogP) is 3.71. The fraction of sp³-hybridized carbons (Fsp3) is 0.381. The van der Waals surface area contributed by atoms with E-state index in [1.807, 2.05) is 0 Å². The summed E-state index contributed by atoms with van der Waals surface area (Å²) in [6.45, 7) is 0. The summed E-state index contributed by atoms with van der Waals surface area (Å²) in [6.07, 6.45) is 4.80. The van der Waals surface area contributed by atoms with Crippen LogP contribution in [0.15, 0.2) is 52.3 Å². The van der Waals surface area contributed by atoms with Gasteiger partial charge in [-0.15, -0.1) is 0 Å². The van der Waals surface area contributed by atoms with Crippen molar-refractivity contribution in [3.8, 4) is 0 Å². The number of nitrogens with zero attached hydrogens (tertiary/aromatic N) is 3. The molecule has 7 nitrogen and oxygen atoms in total. The Labute approximate surface area is 181 Å². The highest BCUT2D eigenvalue weighted by molar-refractivity contribution is 7.90. The molecule has 0 bridgehead atoms. The topological polar surface area (TPSA) is 89.3 Å². The lowest BCUT2D eigenvalue weighted by molar-refractivity contribution is 0.436. The molecule has 31 heavy (non-hydrogen) atoms. The van der Waals surface area contributed by atoms with E-state index in [0.29, 0.717) is 5.69 Å². The van der Waals surface area contributed by atoms with E-state index >= 15 is 0 Å². The highest BCUT2D eigenvalue weighted by Crippen LogP contribution is 2.37. The summed E-state index contributed by atoms with van der Waals surface area (Å²) in [5, 5.41) is 4.62. The quantitative estimate of drug-likeness (QED) is 0.573. The summed E-state index contributed by atoms with van der Waals surface area (Å²) < 4.78 is 68.0. The van der Waals surface area contributed by atoms with Gasteiger partial charge in [0.25, 0.3) is 10.0 Å². The molecule has 0 aliphatic heterocycles. The lowest BCUT2D eigenvalue weighted by Gasteiger charge is -2.19. The maximum Gasteiger partial charge on any atom is 0.283 e. The number of fused-ring (bicyclic) bond motifs is 1. The summed E-state index contributed by atoms with van der Waals surface area (Å²) in [4.78, 5) is -0.134. The van der Waals surface area contributed by atoms with Crippen molar-refractivity contribution in [3.63, 3.8) is 0 Å². The molecule has 0 saturated heterocycles. The molecule has 1 saturated carbocycles. The zero-order valence-corrected chi connectivity index (χ0v) is 19.0. The molecule has 1 aliphatic rings. The van der Waals surface area contributed by atoms with Gasteiger partial charge in [0.15, 0.2) is 0 Å². The summed E-state index contributed by atoms with van der Waals surface area (Å²) in [5.41, 5.74) is 0.661. The van der Waals surface area contributed by atoms with Gasteiger partial charge in [-0.1, -0.05) is 25.3 Å². The molecule has 0 amide bonds. The smallest absolute Gasteiger partial charge is 0.207 e. The molecular weight excluding hydrogens is 441 g/mol. The van der Waals surface area contributed by atoms with Gasteiger partial charge >= 0.3 is 0 Å². The largest absolute Gasteiger partial charge is 0.283 e. The lowest BCUT2D eigenvalue weighted by atomic mass is 9.86. The van der Waals surface area contributed by atoms with Crippen molar-refractivity contribution in [2.45, 2.75) is 47.8 Å². The second-order valence-corrected chi connectivity index (χ2v) is 11.9. The first-order chi connectivity index (χ1) is 14.6. The molecule has 3 aromatic rings. The molecule has 1 aliphatic carbocycles. The minimum absolute atomic E-state index is 0.0113. The van der Waals surface area contributed by atoms with Crippen LogP contribution in [-0.4, -0.2) is 44.4 Å². The second kappa shape index (κ2) is 7.99. The Kier molecular flexibility index (Phi) is 5.65. The van der Waals surface area contributed by atoms with Gasteiger partial charge < -0.3 is 0 Å². The highest BCUT2D eigenvalue weighted by atomic mass is 32.2. The van der Waals surface area contributed by atoms with Crippen LogP contribution in [0.25, 0.3) is 10.9 Å². The first-order valence-electron chi connectivity index (χ1n) is 10.1. The number of hydrogen-bond acceptors (Lipinski definition) is 5. The van der Waals surface area contributed by atoms with Gasteiger partial charge in [0.1, 0.15) is 5.82 Å². The van der Waals surface area contributed by atoms with Gasteiger partial charge in [0.05, 0.1) is 26.4 Å². The van der Waals surface area contributed by atoms with Crippen LogP contribution in [0.3, 0.4) is 0 Å². The molecular formula is C21H24FN3O4S2. The Hall–Kier alpha value is -2.30. The van der Waals surface area contributed by atoms with Crippen molar-refractivity contribution in [1.82, 2.24) is 13.5 Å². The molecule has 1 fully saturated rings. The fourth-order valence-corrected chi connectivity index (χ4v) is 6.25. The van der Waals surface area contributed by atoms with E-state index in [1.165, 1.54) is 50.5 Å². The molecule has 4 rings (SSSR count). The second-order valence-electron chi connectivity index (χ2n) is 7.96. The Morgan fingerprint density at radius 3 is 2.16 bits per heavy atom. The molecule has 2 aromatic carbocycles. The number of hydrogen-bond donors (Lipinski definition) is 0. The van der Waals surface area contributed by atoms with E-state index in [0.717, 1.165) is 40.5 Å². The van der Waals surface area contributed by atoms with Crippen LogP contribution in [-0.2, 0) is 20.0 Å². The molecule has 166 valence electrons. The maximum absolute atomic E-state index is 14.7. The maximum atomic E-state index is 14.7. The molecule has 0 atom stereocenters. The summed E-state index contributed by atoms with van der Waals surface area (Å²) >= 11 is 0. The minimum Gasteiger partial charge on any atom is -0.207 e. The van der Waals surface area contributed by atoms with Crippen molar-refractivity contribution in [2.24, 2.45) is 0 Å². The average Bonchev–Trinajstić information content (AvgIpc) is 3.16. The summed E-state index contributed by atoms with van der Waals surface area (Å²) in [7, 11) is -5.04. The van der Waals surface area contributed by atoms with Crippen LogP contribution in [0, 0.1) is 5.82 Å². The van der Waals surface area contributed by atoms with Gasteiger partial charge in [-0.2, -0.15) is 17.6 Å². The molecule has 1 heterocycles. The monoisotopic (exact) mass is 465 g/mol. The van der Waals surface area contributed by atoms with Crippen molar-refractivity contribution < 1.29 is 21.2 Å². The predicted molar refractivity (Wildman–Crippen MR) is 115 cm³/mol. The number of halogens is 1. The lowest BCUT2D eigenvalue weighted by Crippen LogP contribution is -2.22. The Bertz CT molecular complexity index is 1320. The normalized spacial score (nSPS) is 16.3. The van der Waals surface area contributed by atoms with Crippen LogP contribution in [0.2, 0.25) is 0 Å². The zero-order chi connectivity index (χ0) is 22.4. The fourth-order valence-electron chi connectivity index (χ4n) is 4.07. The van der Waals surface area contributed by atoms with E-state index in [9.17, 15) is 21.2 Å². The number of rotatable bonds is 5. The SMILES string of the molecule is CN(C)S(=O)(=O)c1ccc(S(=O)(=O)n2nc(C3CCCCC3)c3c(F)cccc32)cc1. The average molecular weight is 466 g/mol. The van der Waals surface area contributed by atoms with E-state index in [1.54, 1.807) is 6.07 Å². The Balaban J connectivity index is 1.84. The standard InChI is InChI=1S/C21H24FN3O4S2/c1-24(2)30(26,27)16-11-13-17(14-12-16)31(28,29)25-19-10-6-9-18(22)20(19)21(23-25)15-7-4-3-5-8-15/h6,9-15H,3-5,7-8H2,1-2H3. The zero-order valence-electron chi connectivity index (χ0n) is 17.3. The van der Waals surface area contributed by atoms with Gasteiger partial charge in [0.2, 0.25) is 10.0 Å². The Morgan fingerprint density at radius 1 is 0.935 bits per heavy atom. The minimum atomic E-state index is -4.15. The van der Waals surface area contributed by atoms with Crippen molar-refractivity contribution >= 4 is 30.9 Å². The van der Waals surface area contributed by atoms with Crippen LogP contribution in [0.1, 0.15) is 43.7 Å². The number of benzene rings is 2. The van der Waals surface area contributed by atoms with E-state index in [4.69, 9.17) is 0 Å². The molecule has 0 N–H and O–H groups in total. The van der Waals surface area contributed by atoms with Gasteiger partial charge in [-0.3, -0.25) is 0 Å². The van der Waals surface area contributed by atoms with E-state index in [-0.39, 0.29) is 26.6 Å². The van der Waals surface area contributed by atoms with Gasteiger partial charge in [-0.25, -0.2) is 17.1 Å². The number of aromatic nitrogens is 2. The van der Waals surface area contributed by atoms with Gasteiger partial charge in [-0.05, 0) is 49.2 Å². The Morgan fingerprint density at radius 2 is 1.55 bits per heavy atom. The molecule has 0 spiro atoms. The van der Waals surface area contributed by atoms with E-state index < -0.39 is 25.9 Å². The van der Waals surface area contributed by atoms with Crippen molar-refractivity contribution in [2.75, 3.05) is 14.1 Å². The third-order valence-corrected chi connectivity index (χ3v) is 9.20. The summed E-state index contributed by atoms with van der Waals surface area (Å²) in [5.74, 6) is -0.482. The molecule has 10 heteroatoms. The van der Waals surface area contributed by atoms with Crippen molar-refractivity contribution in [3.05, 3.63) is 54.0 Å². The molecule has 0 radical (unpaired) electrons. The highest BCUT2D eigenvalue weighted by Gasteiger charge is 2.29. The van der Waals surface area contributed by atoms with Crippen LogP contribution in [0.5, 0.6) is 0 Å². The van der Waals surface area contributed by atoms with Crippen LogP contribution >= 0.6 is 0 Å². The van der Waals surface area contributed by atoms with Crippen LogP contribution < -0.4 is 0 Å². The number of sulfonamides is 1.